The van der Waals surface area contributed by atoms with Crippen molar-refractivity contribution < 1.29 is 0 Å². The van der Waals surface area contributed by atoms with Crippen LogP contribution in [0.4, 0.5) is 0 Å². The molecule has 2 nitrogen and oxygen atoms in total. The standard InChI is InChI=1S/2C2H7N.BrH.ClH/c1-3-2;1-2-3;;/h3H,1-2H3;2-3H2,1H3;2*1H. The van der Waals surface area contributed by atoms with Gasteiger partial charge in [0.1, 0.15) is 0 Å². The molecular formula is C4H16BrClN2. The third-order valence-corrected chi connectivity index (χ3v) is 0. The van der Waals surface area contributed by atoms with Crippen LogP contribution < -0.4 is 11.1 Å². The van der Waals surface area contributed by atoms with Crippen LogP contribution >= 0.6 is 29.4 Å². The van der Waals surface area contributed by atoms with E-state index in [1.54, 1.807) is 0 Å². The molecule has 0 aliphatic rings. The zero-order valence-electron chi connectivity index (χ0n) is 5.60. The number of halogens is 2. The van der Waals surface area contributed by atoms with E-state index in [1.807, 2.05) is 21.0 Å². The summed E-state index contributed by atoms with van der Waals surface area (Å²) in [6, 6.07) is 0. The molecule has 4 heteroatoms. The van der Waals surface area contributed by atoms with Crippen molar-refractivity contribution in [3.8, 4) is 0 Å². The Labute approximate surface area is 68.4 Å². The van der Waals surface area contributed by atoms with Gasteiger partial charge in [0, 0.05) is 0 Å². The zero-order valence-corrected chi connectivity index (χ0v) is 8.13. The molecule has 0 radical (unpaired) electrons. The summed E-state index contributed by atoms with van der Waals surface area (Å²) < 4.78 is 0. The highest BCUT2D eigenvalue weighted by Gasteiger charge is 1.32. The molecule has 0 aliphatic carbocycles. The second-order valence-corrected chi connectivity index (χ2v) is 0.908. The predicted molar refractivity (Wildman–Crippen MR) is 47.3 cm³/mol. The topological polar surface area (TPSA) is 38.0 Å². The Morgan fingerprint density at radius 2 is 1.38 bits per heavy atom. The van der Waals surface area contributed by atoms with Crippen LogP contribution in [0.5, 0.6) is 0 Å². The molecule has 0 heterocycles. The number of hydrogen-bond acceptors (Lipinski definition) is 2. The van der Waals surface area contributed by atoms with Crippen molar-refractivity contribution in [3.63, 3.8) is 0 Å². The van der Waals surface area contributed by atoms with Crippen LogP contribution in [-0.2, 0) is 0 Å². The lowest BCUT2D eigenvalue weighted by Gasteiger charge is -1.59. The molecule has 0 unspecified atom stereocenters. The van der Waals surface area contributed by atoms with Gasteiger partial charge in [0.15, 0.2) is 0 Å². The largest absolute Gasteiger partial charge is 0.331 e. The first-order valence-corrected chi connectivity index (χ1v) is 2.12. The third-order valence-electron chi connectivity index (χ3n) is 0. The highest BCUT2D eigenvalue weighted by atomic mass is 79.9. The zero-order chi connectivity index (χ0) is 5.41. The molecule has 0 rings (SSSR count). The summed E-state index contributed by atoms with van der Waals surface area (Å²) in [5.74, 6) is 0. The van der Waals surface area contributed by atoms with Crippen LogP contribution in [0.2, 0.25) is 0 Å². The quantitative estimate of drug-likeness (QED) is 0.617. The lowest BCUT2D eigenvalue weighted by molar-refractivity contribution is 1.02. The Morgan fingerprint density at radius 1 is 1.38 bits per heavy atom. The van der Waals surface area contributed by atoms with Crippen LogP contribution in [0.25, 0.3) is 0 Å². The normalized spacial score (nSPS) is 4.50. The van der Waals surface area contributed by atoms with E-state index >= 15 is 0 Å². The van der Waals surface area contributed by atoms with E-state index < -0.39 is 0 Å². The van der Waals surface area contributed by atoms with E-state index in [0.717, 1.165) is 6.54 Å². The summed E-state index contributed by atoms with van der Waals surface area (Å²) >= 11 is 0. The van der Waals surface area contributed by atoms with Gasteiger partial charge in [0.25, 0.3) is 0 Å². The molecule has 0 spiro atoms. The van der Waals surface area contributed by atoms with Gasteiger partial charge in [-0.25, -0.2) is 0 Å². The van der Waals surface area contributed by atoms with E-state index in [4.69, 9.17) is 5.73 Å². The first-order chi connectivity index (χ1) is 2.83. The van der Waals surface area contributed by atoms with Crippen LogP contribution in [0.1, 0.15) is 6.92 Å². The molecule has 0 fully saturated rings. The molecule has 0 aliphatic heterocycles. The van der Waals surface area contributed by atoms with Crippen molar-refractivity contribution >= 4 is 29.4 Å². The molecule has 0 saturated carbocycles. The van der Waals surface area contributed by atoms with Crippen LogP contribution in [0.15, 0.2) is 0 Å². The molecule has 0 saturated heterocycles. The summed E-state index contributed by atoms with van der Waals surface area (Å²) in [4.78, 5) is 0. The van der Waals surface area contributed by atoms with Crippen molar-refractivity contribution in [2.75, 3.05) is 20.6 Å². The number of nitrogens with two attached hydrogens (primary N) is 1. The lowest BCUT2D eigenvalue weighted by Crippen LogP contribution is -1.89. The Kier molecular flexibility index (Phi) is 139. The van der Waals surface area contributed by atoms with E-state index in [9.17, 15) is 0 Å². The molecule has 0 amide bonds. The molecule has 8 heavy (non-hydrogen) atoms. The fraction of sp³-hybridized carbons (Fsp3) is 1.00. The Hall–Kier alpha value is 0.690. The average molecular weight is 208 g/mol. The van der Waals surface area contributed by atoms with Gasteiger partial charge in [-0.3, -0.25) is 0 Å². The molecule has 0 atom stereocenters. The molecule has 0 aromatic carbocycles. The molecule has 0 aromatic heterocycles. The summed E-state index contributed by atoms with van der Waals surface area (Å²) in [6.45, 7) is 2.65. The maximum absolute atomic E-state index is 4.85. The van der Waals surface area contributed by atoms with E-state index in [1.165, 1.54) is 0 Å². The summed E-state index contributed by atoms with van der Waals surface area (Å²) in [5, 5.41) is 2.75. The van der Waals surface area contributed by atoms with Crippen LogP contribution in [-0.4, -0.2) is 20.6 Å². The van der Waals surface area contributed by atoms with Crippen LogP contribution in [0, 0.1) is 0 Å². The summed E-state index contributed by atoms with van der Waals surface area (Å²) in [5.41, 5.74) is 4.85. The Balaban J connectivity index is -0.0000000160. The average Bonchev–Trinajstić information content (AvgIpc) is 1.39. The lowest BCUT2D eigenvalue weighted by atomic mass is 10.8. The maximum Gasteiger partial charge on any atom is -0.0106 e. The minimum atomic E-state index is 0. The van der Waals surface area contributed by atoms with Gasteiger partial charge < -0.3 is 11.1 Å². The number of rotatable bonds is 0. The van der Waals surface area contributed by atoms with Crippen molar-refractivity contribution in [1.29, 1.82) is 0 Å². The second kappa shape index (κ2) is 47.6. The minimum absolute atomic E-state index is 0. The first-order valence-electron chi connectivity index (χ1n) is 2.12. The van der Waals surface area contributed by atoms with Gasteiger partial charge in [0.05, 0.1) is 0 Å². The summed E-state index contributed by atoms with van der Waals surface area (Å²) in [6.07, 6.45) is 0. The van der Waals surface area contributed by atoms with E-state index in [2.05, 4.69) is 5.32 Å². The molecule has 56 valence electrons. The van der Waals surface area contributed by atoms with Crippen LogP contribution in [0.3, 0.4) is 0 Å². The van der Waals surface area contributed by atoms with Crippen molar-refractivity contribution in [2.45, 2.75) is 6.92 Å². The molecule has 0 aromatic rings. The van der Waals surface area contributed by atoms with Gasteiger partial charge in [0.2, 0.25) is 0 Å². The smallest absolute Gasteiger partial charge is 0.0106 e. The monoisotopic (exact) mass is 206 g/mol. The van der Waals surface area contributed by atoms with Gasteiger partial charge in [-0.05, 0) is 20.6 Å². The van der Waals surface area contributed by atoms with E-state index in [0.29, 0.717) is 0 Å². The maximum atomic E-state index is 4.85. The Morgan fingerprint density at radius 3 is 1.38 bits per heavy atom. The molecule has 0 bridgehead atoms. The number of hydrogen-bond donors (Lipinski definition) is 2. The van der Waals surface area contributed by atoms with Gasteiger partial charge in [-0.2, -0.15) is 0 Å². The molecule has 3 N–H and O–H groups in total. The second-order valence-electron chi connectivity index (χ2n) is 0.908. The third kappa shape index (κ3) is 455. The van der Waals surface area contributed by atoms with E-state index in [-0.39, 0.29) is 29.4 Å². The minimum Gasteiger partial charge on any atom is -0.331 e. The van der Waals surface area contributed by atoms with Crippen molar-refractivity contribution in [2.24, 2.45) is 5.73 Å². The van der Waals surface area contributed by atoms with Crippen molar-refractivity contribution in [1.82, 2.24) is 5.32 Å². The van der Waals surface area contributed by atoms with Gasteiger partial charge >= 0.3 is 0 Å². The first kappa shape index (κ1) is 23.4. The Bertz CT molecular complexity index is 16.0. The predicted octanol–water partition coefficient (Wildman–Crippen LogP) is 0.800. The van der Waals surface area contributed by atoms with Gasteiger partial charge in [-0.15, -0.1) is 29.4 Å². The highest BCUT2D eigenvalue weighted by molar-refractivity contribution is 8.93. The van der Waals surface area contributed by atoms with Crippen molar-refractivity contribution in [3.05, 3.63) is 0 Å². The van der Waals surface area contributed by atoms with Gasteiger partial charge in [-0.1, -0.05) is 6.92 Å². The fourth-order valence-corrected chi connectivity index (χ4v) is 0. The fourth-order valence-electron chi connectivity index (χ4n) is 0. The molecular weight excluding hydrogens is 191 g/mol. The highest BCUT2D eigenvalue weighted by Crippen LogP contribution is 1.20. The summed E-state index contributed by atoms with van der Waals surface area (Å²) in [7, 11) is 3.75. The number of nitrogens with one attached hydrogen (secondary N) is 1. The SMILES string of the molecule is Br.CCN.CNC.Cl.